The van der Waals surface area contributed by atoms with E-state index in [0.29, 0.717) is 23.2 Å². The number of carbonyl (C=O) groups excluding carboxylic acids is 1. The molecule has 1 heterocycles. The van der Waals surface area contributed by atoms with Gasteiger partial charge in [0.25, 0.3) is 0 Å². The molecule has 1 unspecified atom stereocenters. The minimum absolute atomic E-state index is 0.0217. The summed E-state index contributed by atoms with van der Waals surface area (Å²) >= 11 is 5.63. The normalized spacial score (nSPS) is 12.2. The van der Waals surface area contributed by atoms with E-state index in [1.807, 2.05) is 0 Å². The zero-order chi connectivity index (χ0) is 11.3. The summed E-state index contributed by atoms with van der Waals surface area (Å²) in [6.07, 6.45) is 3.10. The van der Waals surface area contributed by atoms with Crippen molar-refractivity contribution in [1.82, 2.24) is 4.98 Å². The fraction of sp³-hybridized carbons (Fsp3) is 0.455. The molecular weight excluding hydrogens is 212 g/mol. The quantitative estimate of drug-likeness (QED) is 0.802. The lowest BCUT2D eigenvalue weighted by molar-refractivity contribution is -0.117. The first-order valence-corrected chi connectivity index (χ1v) is 5.41. The van der Waals surface area contributed by atoms with Crippen molar-refractivity contribution in [2.24, 2.45) is 5.92 Å². The van der Waals surface area contributed by atoms with E-state index in [4.69, 9.17) is 11.6 Å². The topological polar surface area (TPSA) is 42.0 Å². The number of rotatable bonds is 4. The maximum atomic E-state index is 11.5. The third kappa shape index (κ3) is 4.30. The second-order valence-corrected chi connectivity index (χ2v) is 4.02. The van der Waals surface area contributed by atoms with Crippen LogP contribution in [0.2, 0.25) is 5.15 Å². The highest BCUT2D eigenvalue weighted by atomic mass is 35.5. The number of nitrogens with zero attached hydrogens (tertiary/aromatic N) is 1. The smallest absolute Gasteiger partial charge is 0.224 e. The molecule has 15 heavy (non-hydrogen) atoms. The molecule has 0 saturated heterocycles. The van der Waals surface area contributed by atoms with Crippen LogP contribution in [0.3, 0.4) is 0 Å². The summed E-state index contributed by atoms with van der Waals surface area (Å²) in [7, 11) is 0. The van der Waals surface area contributed by atoms with Crippen molar-refractivity contribution in [2.45, 2.75) is 26.7 Å². The molecule has 3 nitrogen and oxygen atoms in total. The Kier molecular flexibility index (Phi) is 4.56. The number of nitrogens with one attached hydrogen (secondary N) is 1. The van der Waals surface area contributed by atoms with Gasteiger partial charge in [-0.05, 0) is 18.1 Å². The van der Waals surface area contributed by atoms with Gasteiger partial charge in [0.2, 0.25) is 5.91 Å². The van der Waals surface area contributed by atoms with Crippen LogP contribution in [-0.2, 0) is 4.79 Å². The van der Waals surface area contributed by atoms with E-state index in [2.05, 4.69) is 24.1 Å². The predicted octanol–water partition coefficient (Wildman–Crippen LogP) is 3.11. The Morgan fingerprint density at radius 2 is 2.33 bits per heavy atom. The van der Waals surface area contributed by atoms with Crippen LogP contribution in [0.1, 0.15) is 26.7 Å². The molecule has 0 fully saturated rings. The number of pyridine rings is 1. The van der Waals surface area contributed by atoms with E-state index in [1.54, 1.807) is 18.3 Å². The van der Waals surface area contributed by atoms with Gasteiger partial charge in [0.1, 0.15) is 5.15 Å². The molecule has 1 N–H and O–H groups in total. The van der Waals surface area contributed by atoms with E-state index in [-0.39, 0.29) is 5.91 Å². The average Bonchev–Trinajstić information content (AvgIpc) is 2.21. The fourth-order valence-corrected chi connectivity index (χ4v) is 1.23. The summed E-state index contributed by atoms with van der Waals surface area (Å²) in [5.74, 6) is 0.429. The number of carbonyl (C=O) groups is 1. The molecule has 0 aliphatic carbocycles. The maximum Gasteiger partial charge on any atom is 0.224 e. The Morgan fingerprint density at radius 1 is 1.60 bits per heavy atom. The number of hydrogen-bond donors (Lipinski definition) is 1. The average molecular weight is 227 g/mol. The van der Waals surface area contributed by atoms with Crippen LogP contribution in [0.15, 0.2) is 18.3 Å². The van der Waals surface area contributed by atoms with E-state index in [9.17, 15) is 4.79 Å². The van der Waals surface area contributed by atoms with Crippen molar-refractivity contribution in [3.8, 4) is 0 Å². The van der Waals surface area contributed by atoms with Crippen LogP contribution in [-0.4, -0.2) is 10.9 Å². The maximum absolute atomic E-state index is 11.5. The Hall–Kier alpha value is -1.09. The molecule has 4 heteroatoms. The Labute approximate surface area is 94.9 Å². The second kappa shape index (κ2) is 5.71. The summed E-state index contributed by atoms with van der Waals surface area (Å²) in [6, 6.07) is 3.39. The summed E-state index contributed by atoms with van der Waals surface area (Å²) in [4.78, 5) is 15.4. The van der Waals surface area contributed by atoms with E-state index in [1.165, 1.54) is 0 Å². The lowest BCUT2D eigenvalue weighted by Gasteiger charge is -2.08. The number of amides is 1. The number of aromatic nitrogens is 1. The first-order chi connectivity index (χ1) is 7.11. The molecule has 0 bridgehead atoms. The highest BCUT2D eigenvalue weighted by molar-refractivity contribution is 6.29. The van der Waals surface area contributed by atoms with Crippen molar-refractivity contribution in [3.05, 3.63) is 23.5 Å². The third-order valence-electron chi connectivity index (χ3n) is 2.24. The van der Waals surface area contributed by atoms with Crippen LogP contribution in [0.5, 0.6) is 0 Å². The monoisotopic (exact) mass is 226 g/mol. The molecule has 1 aromatic heterocycles. The molecule has 0 aromatic carbocycles. The summed E-state index contributed by atoms with van der Waals surface area (Å²) in [5.41, 5.74) is 0.688. The minimum Gasteiger partial charge on any atom is -0.325 e. The molecule has 0 aliphatic heterocycles. The highest BCUT2D eigenvalue weighted by Gasteiger charge is 2.07. The predicted molar refractivity (Wildman–Crippen MR) is 61.9 cm³/mol. The molecule has 0 aliphatic rings. The van der Waals surface area contributed by atoms with Gasteiger partial charge in [0.05, 0.1) is 11.9 Å². The molecule has 0 saturated carbocycles. The van der Waals surface area contributed by atoms with Crippen molar-refractivity contribution < 1.29 is 4.79 Å². The van der Waals surface area contributed by atoms with Crippen molar-refractivity contribution >= 4 is 23.2 Å². The Balaban J connectivity index is 2.48. The first kappa shape index (κ1) is 12.0. The Bertz CT molecular complexity index is 324. The number of anilines is 1. The lowest BCUT2D eigenvalue weighted by Crippen LogP contribution is -2.14. The van der Waals surface area contributed by atoms with Gasteiger partial charge in [0.15, 0.2) is 0 Å². The van der Waals surface area contributed by atoms with E-state index < -0.39 is 0 Å². The number of halogens is 1. The third-order valence-corrected chi connectivity index (χ3v) is 2.47. The second-order valence-electron chi connectivity index (χ2n) is 3.64. The van der Waals surface area contributed by atoms with Gasteiger partial charge in [-0.25, -0.2) is 4.98 Å². The molecule has 0 radical (unpaired) electrons. The van der Waals surface area contributed by atoms with Gasteiger partial charge < -0.3 is 5.32 Å². The van der Waals surface area contributed by atoms with Crippen molar-refractivity contribution in [1.29, 1.82) is 0 Å². The zero-order valence-electron chi connectivity index (χ0n) is 8.96. The first-order valence-electron chi connectivity index (χ1n) is 5.03. The summed E-state index contributed by atoms with van der Waals surface area (Å²) in [5, 5.41) is 3.20. The molecule has 1 aromatic rings. The van der Waals surface area contributed by atoms with Crippen LogP contribution in [0, 0.1) is 5.92 Å². The van der Waals surface area contributed by atoms with Crippen molar-refractivity contribution in [2.75, 3.05) is 5.32 Å². The van der Waals surface area contributed by atoms with Crippen molar-refractivity contribution in [3.63, 3.8) is 0 Å². The van der Waals surface area contributed by atoms with Gasteiger partial charge in [-0.3, -0.25) is 4.79 Å². The summed E-state index contributed by atoms with van der Waals surface area (Å²) < 4.78 is 0. The van der Waals surface area contributed by atoms with Crippen LogP contribution >= 0.6 is 11.6 Å². The zero-order valence-corrected chi connectivity index (χ0v) is 9.71. The molecule has 82 valence electrons. The van der Waals surface area contributed by atoms with E-state index in [0.717, 1.165) is 6.42 Å². The molecule has 1 atom stereocenters. The van der Waals surface area contributed by atoms with Crippen LogP contribution in [0.4, 0.5) is 5.69 Å². The van der Waals surface area contributed by atoms with Crippen LogP contribution in [0.25, 0.3) is 0 Å². The Morgan fingerprint density at radius 3 is 2.87 bits per heavy atom. The largest absolute Gasteiger partial charge is 0.325 e. The SMILES string of the molecule is CCC(C)CC(=O)Nc1ccc(Cl)nc1. The molecular formula is C11H15ClN2O. The van der Waals surface area contributed by atoms with E-state index >= 15 is 0 Å². The van der Waals surface area contributed by atoms with Gasteiger partial charge in [-0.1, -0.05) is 31.9 Å². The number of hydrogen-bond acceptors (Lipinski definition) is 2. The summed E-state index contributed by atoms with van der Waals surface area (Å²) in [6.45, 7) is 4.13. The minimum atomic E-state index is 0.0217. The van der Waals surface area contributed by atoms with Crippen LogP contribution < -0.4 is 5.32 Å². The molecule has 0 spiro atoms. The molecule has 1 rings (SSSR count). The van der Waals surface area contributed by atoms with Gasteiger partial charge >= 0.3 is 0 Å². The standard InChI is InChI=1S/C11H15ClN2O/c1-3-8(2)6-11(15)14-9-4-5-10(12)13-7-9/h4-5,7-8H,3,6H2,1-2H3,(H,14,15). The van der Waals surface area contributed by atoms with Gasteiger partial charge in [-0.15, -0.1) is 0 Å². The fourth-order valence-electron chi connectivity index (χ4n) is 1.12. The lowest BCUT2D eigenvalue weighted by atomic mass is 10.1. The van der Waals surface area contributed by atoms with Gasteiger partial charge in [-0.2, -0.15) is 0 Å². The van der Waals surface area contributed by atoms with Gasteiger partial charge in [0, 0.05) is 6.42 Å². The highest BCUT2D eigenvalue weighted by Crippen LogP contribution is 2.12. The molecule has 1 amide bonds.